The van der Waals surface area contributed by atoms with Crippen LogP contribution in [-0.4, -0.2) is 57.9 Å². The van der Waals surface area contributed by atoms with Crippen LogP contribution in [0.4, 0.5) is 11.4 Å². The molecular formula is C23H28N2O10. The fourth-order valence-electron chi connectivity index (χ4n) is 2.87. The summed E-state index contributed by atoms with van der Waals surface area (Å²) in [7, 11) is 5.04. The molecule has 12 nitrogen and oxygen atoms in total. The van der Waals surface area contributed by atoms with E-state index in [0.29, 0.717) is 18.0 Å². The molecule has 2 aromatic rings. The van der Waals surface area contributed by atoms with Crippen molar-refractivity contribution in [3.05, 3.63) is 57.6 Å². The lowest BCUT2D eigenvalue weighted by Crippen LogP contribution is -2.24. The highest BCUT2D eigenvalue weighted by Gasteiger charge is 2.32. The maximum atomic E-state index is 11.6. The van der Waals surface area contributed by atoms with Crippen LogP contribution in [0.3, 0.4) is 0 Å². The molecule has 0 radical (unpaired) electrons. The Morgan fingerprint density at radius 3 is 2.03 bits per heavy atom. The number of carbonyl (C=O) groups excluding carboxylic acids is 3. The van der Waals surface area contributed by atoms with Gasteiger partial charge in [0, 0.05) is 6.07 Å². The molecule has 0 aromatic heterocycles. The Morgan fingerprint density at radius 2 is 1.54 bits per heavy atom. The van der Waals surface area contributed by atoms with Gasteiger partial charge in [0.05, 0.1) is 52.1 Å². The smallest absolute Gasteiger partial charge is 0.324 e. The Balaban J connectivity index is 0.000000365. The van der Waals surface area contributed by atoms with Gasteiger partial charge in [0.1, 0.15) is 5.75 Å². The standard InChI is InChI=1S/C12H13NO7.C11H15NO3/c1-18-9-6-7(4-5-8(9)13(16)17)10(11(14)19-2)12(15)20-3;1-3-15-11(13)7-8-4-5-9(12)10(6-8)14-2/h4-6,10H,1-3H3;4-6H,3,7,12H2,1-2H3. The van der Waals surface area contributed by atoms with Crippen molar-refractivity contribution in [2.45, 2.75) is 19.3 Å². The number of rotatable bonds is 9. The van der Waals surface area contributed by atoms with E-state index in [1.807, 2.05) is 0 Å². The number of esters is 3. The number of hydrogen-bond donors (Lipinski definition) is 1. The van der Waals surface area contributed by atoms with Crippen molar-refractivity contribution in [1.82, 2.24) is 0 Å². The third kappa shape index (κ3) is 8.18. The molecule has 0 amide bonds. The van der Waals surface area contributed by atoms with Gasteiger partial charge in [0.25, 0.3) is 0 Å². The van der Waals surface area contributed by atoms with Crippen LogP contribution < -0.4 is 15.2 Å². The molecule has 2 aromatic carbocycles. The van der Waals surface area contributed by atoms with Gasteiger partial charge in [-0.1, -0.05) is 12.1 Å². The predicted molar refractivity (Wildman–Crippen MR) is 124 cm³/mol. The Morgan fingerprint density at radius 1 is 0.943 bits per heavy atom. The predicted octanol–water partition coefficient (Wildman–Crippen LogP) is 2.42. The summed E-state index contributed by atoms with van der Waals surface area (Å²) in [6, 6.07) is 8.90. The molecule has 0 atom stereocenters. The van der Waals surface area contributed by atoms with Crippen molar-refractivity contribution < 1.29 is 43.0 Å². The maximum Gasteiger partial charge on any atom is 0.324 e. The Hall–Kier alpha value is -4.35. The van der Waals surface area contributed by atoms with Gasteiger partial charge in [-0.3, -0.25) is 24.5 Å². The number of carbonyl (C=O) groups is 3. The number of nitro groups is 1. The Bertz CT molecular complexity index is 1040. The zero-order valence-electron chi connectivity index (χ0n) is 20.1. The molecule has 0 saturated heterocycles. The molecule has 0 spiro atoms. The SMILES string of the molecule is CCOC(=O)Cc1ccc(N)c(OC)c1.COC(=O)C(C(=O)OC)c1ccc([N+](=O)[O-])c(OC)c1. The van der Waals surface area contributed by atoms with Gasteiger partial charge in [-0.05, 0) is 36.2 Å². The number of ether oxygens (including phenoxy) is 5. The van der Waals surface area contributed by atoms with Gasteiger partial charge in [-0.25, -0.2) is 0 Å². The fraction of sp³-hybridized carbons (Fsp3) is 0.348. The first-order valence-electron chi connectivity index (χ1n) is 10.2. The summed E-state index contributed by atoms with van der Waals surface area (Å²) in [5.74, 6) is -2.70. The van der Waals surface area contributed by atoms with E-state index in [9.17, 15) is 24.5 Å². The molecule has 0 bridgehead atoms. The van der Waals surface area contributed by atoms with Crippen LogP contribution >= 0.6 is 0 Å². The number of nitrogen functional groups attached to an aromatic ring is 1. The maximum absolute atomic E-state index is 11.6. The second-order valence-electron chi connectivity index (χ2n) is 6.73. The molecule has 12 heteroatoms. The molecular weight excluding hydrogens is 464 g/mol. The van der Waals surface area contributed by atoms with Crippen LogP contribution in [0, 0.1) is 10.1 Å². The quantitative estimate of drug-likeness (QED) is 0.136. The number of methoxy groups -OCH3 is 4. The summed E-state index contributed by atoms with van der Waals surface area (Å²) in [6.45, 7) is 2.17. The summed E-state index contributed by atoms with van der Waals surface area (Å²) < 4.78 is 23.8. The summed E-state index contributed by atoms with van der Waals surface area (Å²) in [4.78, 5) is 44.6. The topological polar surface area (TPSA) is 167 Å². The summed E-state index contributed by atoms with van der Waals surface area (Å²) >= 11 is 0. The van der Waals surface area contributed by atoms with Gasteiger partial charge in [-0.15, -0.1) is 0 Å². The van der Waals surface area contributed by atoms with E-state index in [1.165, 1.54) is 19.2 Å². The lowest BCUT2D eigenvalue weighted by atomic mass is 9.98. The van der Waals surface area contributed by atoms with E-state index in [0.717, 1.165) is 25.8 Å². The van der Waals surface area contributed by atoms with Crippen molar-refractivity contribution in [1.29, 1.82) is 0 Å². The van der Waals surface area contributed by atoms with Crippen molar-refractivity contribution in [2.24, 2.45) is 0 Å². The van der Waals surface area contributed by atoms with Crippen molar-refractivity contribution in [2.75, 3.05) is 40.8 Å². The zero-order valence-corrected chi connectivity index (χ0v) is 20.1. The molecule has 0 heterocycles. The molecule has 0 saturated carbocycles. The average molecular weight is 492 g/mol. The first kappa shape index (κ1) is 28.7. The van der Waals surface area contributed by atoms with E-state index in [1.54, 1.807) is 32.2 Å². The third-order valence-electron chi connectivity index (χ3n) is 4.56. The van der Waals surface area contributed by atoms with E-state index < -0.39 is 22.8 Å². The molecule has 0 fully saturated rings. The van der Waals surface area contributed by atoms with Crippen LogP contribution in [0.1, 0.15) is 24.0 Å². The van der Waals surface area contributed by atoms with Crippen LogP contribution in [0.15, 0.2) is 36.4 Å². The normalized spacial score (nSPS) is 9.89. The number of benzene rings is 2. The largest absolute Gasteiger partial charge is 0.495 e. The number of nitro benzene ring substituents is 1. The van der Waals surface area contributed by atoms with Crippen LogP contribution in [0.25, 0.3) is 0 Å². The number of nitrogens with zero attached hydrogens (tertiary/aromatic N) is 1. The number of nitrogens with two attached hydrogens (primary N) is 1. The van der Waals surface area contributed by atoms with Gasteiger partial charge in [0.15, 0.2) is 11.7 Å². The van der Waals surface area contributed by atoms with Crippen LogP contribution in [0.5, 0.6) is 11.5 Å². The summed E-state index contributed by atoms with van der Waals surface area (Å²) in [6.07, 6.45) is 0.241. The molecule has 0 aliphatic carbocycles. The lowest BCUT2D eigenvalue weighted by molar-refractivity contribution is -0.385. The molecule has 0 aliphatic rings. The van der Waals surface area contributed by atoms with Gasteiger partial charge in [-0.2, -0.15) is 0 Å². The second kappa shape index (κ2) is 14.0. The number of hydrogen-bond acceptors (Lipinski definition) is 11. The molecule has 2 N–H and O–H groups in total. The number of anilines is 1. The van der Waals surface area contributed by atoms with Gasteiger partial charge in [0.2, 0.25) is 0 Å². The highest BCUT2D eigenvalue weighted by Crippen LogP contribution is 2.31. The Labute approximate surface area is 202 Å². The molecule has 35 heavy (non-hydrogen) atoms. The van der Waals surface area contributed by atoms with Crippen LogP contribution in [-0.2, 0) is 35.0 Å². The lowest BCUT2D eigenvalue weighted by Gasteiger charge is -2.13. The van der Waals surface area contributed by atoms with Crippen molar-refractivity contribution in [3.8, 4) is 11.5 Å². The highest BCUT2D eigenvalue weighted by molar-refractivity contribution is 6.00. The third-order valence-corrected chi connectivity index (χ3v) is 4.56. The molecule has 0 aliphatic heterocycles. The minimum Gasteiger partial charge on any atom is -0.495 e. The second-order valence-corrected chi connectivity index (χ2v) is 6.73. The minimum absolute atomic E-state index is 0.0645. The summed E-state index contributed by atoms with van der Waals surface area (Å²) in [5, 5.41) is 10.8. The first-order valence-corrected chi connectivity index (χ1v) is 10.2. The van der Waals surface area contributed by atoms with E-state index in [2.05, 4.69) is 9.47 Å². The van der Waals surface area contributed by atoms with Crippen LogP contribution in [0.2, 0.25) is 0 Å². The van der Waals surface area contributed by atoms with E-state index in [-0.39, 0.29) is 29.4 Å². The molecule has 2 rings (SSSR count). The first-order chi connectivity index (χ1) is 16.6. The molecule has 0 unspecified atom stereocenters. The Kier molecular flexibility index (Phi) is 11.5. The molecule has 190 valence electrons. The fourth-order valence-corrected chi connectivity index (χ4v) is 2.87. The van der Waals surface area contributed by atoms with Crippen molar-refractivity contribution in [3.63, 3.8) is 0 Å². The highest BCUT2D eigenvalue weighted by atomic mass is 16.6. The summed E-state index contributed by atoms with van der Waals surface area (Å²) in [5.41, 5.74) is 6.95. The van der Waals surface area contributed by atoms with E-state index >= 15 is 0 Å². The average Bonchev–Trinajstić information content (AvgIpc) is 2.85. The monoisotopic (exact) mass is 492 g/mol. The minimum atomic E-state index is -1.32. The van der Waals surface area contributed by atoms with Gasteiger partial charge < -0.3 is 29.4 Å². The van der Waals surface area contributed by atoms with Gasteiger partial charge >= 0.3 is 23.6 Å². The van der Waals surface area contributed by atoms with Crippen molar-refractivity contribution >= 4 is 29.3 Å². The van der Waals surface area contributed by atoms with E-state index in [4.69, 9.17) is 19.9 Å². The zero-order chi connectivity index (χ0) is 26.5.